The zero-order chi connectivity index (χ0) is 27.4. The fourth-order valence-electron chi connectivity index (χ4n) is 4.18. The lowest BCUT2D eigenvalue weighted by Crippen LogP contribution is -2.48. The molecular formula is C29H45N3O5. The standard InChI is InChI=1S/C29H45N3O5/c1-20(2)22(15-21-10-11-26(36-6)27(16-21)37-14-8-13-35-5)17-24(30)25(33)19-32-28(34)29(3,4)23-9-7-12-31-18-23/h7,9-12,16,18,20,22,24-25,33H,8,13-15,17,19,30H2,1-6H3,(H,32,34)/t22-,24-,25-/m0/s1. The average molecular weight is 516 g/mol. The summed E-state index contributed by atoms with van der Waals surface area (Å²) in [7, 11) is 3.30. The van der Waals surface area contributed by atoms with E-state index in [0.29, 0.717) is 37.1 Å². The number of pyridine rings is 1. The zero-order valence-corrected chi connectivity index (χ0v) is 23.2. The fraction of sp³-hybridized carbons (Fsp3) is 0.586. The molecule has 0 aliphatic carbocycles. The van der Waals surface area contributed by atoms with Crippen molar-refractivity contribution in [2.24, 2.45) is 17.6 Å². The van der Waals surface area contributed by atoms with Crippen LogP contribution in [0.25, 0.3) is 0 Å². The molecule has 0 bridgehead atoms. The Bertz CT molecular complexity index is 952. The number of ether oxygens (including phenoxy) is 3. The molecule has 0 aliphatic heterocycles. The number of carbonyl (C=O) groups is 1. The van der Waals surface area contributed by atoms with Crippen molar-refractivity contribution in [2.75, 3.05) is 34.0 Å². The Kier molecular flexibility index (Phi) is 12.3. The first-order chi connectivity index (χ1) is 17.6. The number of nitrogens with zero attached hydrogens (tertiary/aromatic N) is 1. The van der Waals surface area contributed by atoms with Gasteiger partial charge in [0.05, 0.1) is 25.2 Å². The molecule has 1 heterocycles. The minimum atomic E-state index is -0.856. The van der Waals surface area contributed by atoms with E-state index in [2.05, 4.69) is 24.1 Å². The van der Waals surface area contributed by atoms with E-state index >= 15 is 0 Å². The van der Waals surface area contributed by atoms with Crippen LogP contribution in [0.15, 0.2) is 42.7 Å². The number of benzene rings is 1. The summed E-state index contributed by atoms with van der Waals surface area (Å²) in [4.78, 5) is 16.9. The van der Waals surface area contributed by atoms with E-state index in [1.807, 2.05) is 38.1 Å². The summed E-state index contributed by atoms with van der Waals surface area (Å²) in [5.41, 5.74) is 7.58. The number of aliphatic hydroxyl groups excluding tert-OH is 1. The van der Waals surface area contributed by atoms with Crippen LogP contribution in [0.2, 0.25) is 0 Å². The van der Waals surface area contributed by atoms with Crippen molar-refractivity contribution in [3.63, 3.8) is 0 Å². The van der Waals surface area contributed by atoms with Crippen molar-refractivity contribution >= 4 is 5.91 Å². The van der Waals surface area contributed by atoms with Gasteiger partial charge in [0.15, 0.2) is 11.5 Å². The van der Waals surface area contributed by atoms with Crippen molar-refractivity contribution in [3.05, 3.63) is 53.9 Å². The molecule has 4 N–H and O–H groups in total. The van der Waals surface area contributed by atoms with E-state index in [0.717, 1.165) is 24.0 Å². The first-order valence-electron chi connectivity index (χ1n) is 13.0. The number of nitrogens with one attached hydrogen (secondary N) is 1. The molecule has 2 aromatic rings. The lowest BCUT2D eigenvalue weighted by atomic mass is 9.83. The molecule has 8 heteroatoms. The number of amides is 1. The van der Waals surface area contributed by atoms with Gasteiger partial charge in [0, 0.05) is 45.1 Å². The monoisotopic (exact) mass is 515 g/mol. The van der Waals surface area contributed by atoms with Gasteiger partial charge in [-0.25, -0.2) is 0 Å². The van der Waals surface area contributed by atoms with Crippen LogP contribution in [0.3, 0.4) is 0 Å². The third-order valence-electron chi connectivity index (χ3n) is 6.91. The van der Waals surface area contributed by atoms with Gasteiger partial charge in [0.2, 0.25) is 5.91 Å². The Hall–Kier alpha value is -2.68. The second kappa shape index (κ2) is 14.9. The molecule has 0 unspecified atom stereocenters. The van der Waals surface area contributed by atoms with E-state index in [4.69, 9.17) is 19.9 Å². The molecular weight excluding hydrogens is 470 g/mol. The predicted molar refractivity (Wildman–Crippen MR) is 146 cm³/mol. The van der Waals surface area contributed by atoms with Crippen molar-refractivity contribution in [2.45, 2.75) is 64.5 Å². The topological polar surface area (TPSA) is 116 Å². The molecule has 2 rings (SSSR count). The molecule has 37 heavy (non-hydrogen) atoms. The molecule has 0 saturated carbocycles. The normalized spacial score (nSPS) is 14.2. The van der Waals surface area contributed by atoms with Gasteiger partial charge in [0.25, 0.3) is 0 Å². The van der Waals surface area contributed by atoms with Crippen LogP contribution in [0.5, 0.6) is 11.5 Å². The summed E-state index contributed by atoms with van der Waals surface area (Å²) >= 11 is 0. The van der Waals surface area contributed by atoms with Crippen LogP contribution in [-0.4, -0.2) is 62.1 Å². The summed E-state index contributed by atoms with van der Waals surface area (Å²) < 4.78 is 16.5. The van der Waals surface area contributed by atoms with Gasteiger partial charge < -0.3 is 30.4 Å². The van der Waals surface area contributed by atoms with Gasteiger partial charge >= 0.3 is 0 Å². The van der Waals surface area contributed by atoms with Crippen molar-refractivity contribution < 1.29 is 24.1 Å². The first kappa shape index (κ1) is 30.5. The third-order valence-corrected chi connectivity index (χ3v) is 6.91. The number of hydrogen-bond donors (Lipinski definition) is 3. The van der Waals surface area contributed by atoms with Crippen LogP contribution in [0.4, 0.5) is 0 Å². The molecule has 3 atom stereocenters. The van der Waals surface area contributed by atoms with Gasteiger partial charge in [0.1, 0.15) is 0 Å². The molecule has 8 nitrogen and oxygen atoms in total. The lowest BCUT2D eigenvalue weighted by Gasteiger charge is -2.29. The number of methoxy groups -OCH3 is 2. The quantitative estimate of drug-likeness (QED) is 0.293. The number of aliphatic hydroxyl groups is 1. The summed E-state index contributed by atoms with van der Waals surface area (Å²) in [5, 5.41) is 13.6. The maximum Gasteiger partial charge on any atom is 0.230 e. The Morgan fingerprint density at radius 1 is 1.16 bits per heavy atom. The largest absolute Gasteiger partial charge is 0.493 e. The molecule has 1 aromatic carbocycles. The molecule has 206 valence electrons. The van der Waals surface area contributed by atoms with E-state index in [1.165, 1.54) is 0 Å². The Labute approximate surface area is 221 Å². The highest BCUT2D eigenvalue weighted by molar-refractivity contribution is 5.87. The minimum absolute atomic E-state index is 0.0938. The van der Waals surface area contributed by atoms with Gasteiger partial charge in [-0.1, -0.05) is 26.0 Å². The maximum atomic E-state index is 12.8. The number of aromatic nitrogens is 1. The molecule has 1 aromatic heterocycles. The highest BCUT2D eigenvalue weighted by Gasteiger charge is 2.31. The number of nitrogens with two attached hydrogens (primary N) is 1. The zero-order valence-electron chi connectivity index (χ0n) is 23.2. The molecule has 0 fully saturated rings. The van der Waals surface area contributed by atoms with E-state index < -0.39 is 17.6 Å². The van der Waals surface area contributed by atoms with Crippen molar-refractivity contribution in [1.29, 1.82) is 0 Å². The Balaban J connectivity index is 1.97. The van der Waals surface area contributed by atoms with Gasteiger partial charge in [-0.15, -0.1) is 0 Å². The summed E-state index contributed by atoms with van der Waals surface area (Å²) in [6, 6.07) is 9.18. The van der Waals surface area contributed by atoms with E-state index in [-0.39, 0.29) is 18.4 Å². The minimum Gasteiger partial charge on any atom is -0.493 e. The summed E-state index contributed by atoms with van der Waals surface area (Å²) in [5.74, 6) is 1.82. The number of rotatable bonds is 16. The third kappa shape index (κ3) is 9.29. The van der Waals surface area contributed by atoms with Crippen molar-refractivity contribution in [1.82, 2.24) is 10.3 Å². The van der Waals surface area contributed by atoms with Gasteiger partial charge in [-0.3, -0.25) is 9.78 Å². The SMILES string of the molecule is COCCCOc1cc(C[C@@H](C[C@H](N)[C@@H](O)CNC(=O)C(C)(C)c2cccnc2)C(C)C)ccc1OC. The molecule has 0 radical (unpaired) electrons. The van der Waals surface area contributed by atoms with Crippen LogP contribution >= 0.6 is 0 Å². The summed E-state index contributed by atoms with van der Waals surface area (Å²) in [6.45, 7) is 9.27. The smallest absolute Gasteiger partial charge is 0.230 e. The van der Waals surface area contributed by atoms with E-state index in [9.17, 15) is 9.90 Å². The molecule has 0 saturated heterocycles. The van der Waals surface area contributed by atoms with Crippen LogP contribution in [-0.2, 0) is 21.4 Å². The van der Waals surface area contributed by atoms with E-state index in [1.54, 1.807) is 32.7 Å². The molecule has 0 aliphatic rings. The van der Waals surface area contributed by atoms with Crippen molar-refractivity contribution in [3.8, 4) is 11.5 Å². The highest BCUT2D eigenvalue weighted by atomic mass is 16.5. The van der Waals surface area contributed by atoms with Crippen LogP contribution < -0.4 is 20.5 Å². The Morgan fingerprint density at radius 2 is 1.92 bits per heavy atom. The Morgan fingerprint density at radius 3 is 2.54 bits per heavy atom. The fourth-order valence-corrected chi connectivity index (χ4v) is 4.18. The van der Waals surface area contributed by atoms with Gasteiger partial charge in [-0.05, 0) is 67.9 Å². The summed E-state index contributed by atoms with van der Waals surface area (Å²) in [6.07, 6.45) is 4.71. The van der Waals surface area contributed by atoms with Gasteiger partial charge in [-0.2, -0.15) is 0 Å². The average Bonchev–Trinajstić information content (AvgIpc) is 2.89. The lowest BCUT2D eigenvalue weighted by molar-refractivity contribution is -0.126. The van der Waals surface area contributed by atoms with Crippen LogP contribution in [0.1, 0.15) is 51.7 Å². The van der Waals surface area contributed by atoms with Crippen LogP contribution in [0, 0.1) is 11.8 Å². The second-order valence-corrected chi connectivity index (χ2v) is 10.4. The number of hydrogen-bond acceptors (Lipinski definition) is 7. The highest BCUT2D eigenvalue weighted by Crippen LogP contribution is 2.31. The predicted octanol–water partition coefficient (Wildman–Crippen LogP) is 3.49. The maximum absolute atomic E-state index is 12.8. The molecule has 0 spiro atoms. The number of carbonyl (C=O) groups excluding carboxylic acids is 1. The first-order valence-corrected chi connectivity index (χ1v) is 13.0. The molecule has 1 amide bonds. The second-order valence-electron chi connectivity index (χ2n) is 10.4.